The molecule has 0 amide bonds. The van der Waals surface area contributed by atoms with E-state index in [0.29, 0.717) is 17.3 Å². The molecule has 24 rings (SSSR count). The number of aryl methyl sites for hydroxylation is 10. The first kappa shape index (κ1) is 115. The van der Waals surface area contributed by atoms with E-state index in [1.165, 1.54) is 24.3 Å². The summed E-state index contributed by atoms with van der Waals surface area (Å²) in [6, 6.07) is 106. The summed E-state index contributed by atoms with van der Waals surface area (Å²) in [6.07, 6.45) is 65.5. The molecule has 0 saturated carbocycles. The summed E-state index contributed by atoms with van der Waals surface area (Å²) >= 11 is 0. The number of halogens is 2. The Labute approximate surface area is 912 Å². The van der Waals surface area contributed by atoms with Gasteiger partial charge in [-0.1, -0.05) is 99.5 Å². The number of pyridine rings is 4. The predicted octanol–water partition coefficient (Wildman–Crippen LogP) is 11.3. The molecule has 8 aromatic carbocycles. The molecule has 0 fully saturated rings. The van der Waals surface area contributed by atoms with Crippen LogP contribution >= 0.6 is 0 Å². The van der Waals surface area contributed by atoms with Crippen LogP contribution in [-0.2, 0) is 137 Å². The molecule has 4 radical (unpaired) electrons. The first-order chi connectivity index (χ1) is 70.3. The maximum atomic E-state index is 12.6. The van der Waals surface area contributed by atoms with Crippen LogP contribution in [0.15, 0.2) is 403 Å². The van der Waals surface area contributed by atoms with Crippen molar-refractivity contribution < 1.29 is 126 Å². The number of benzene rings is 8. The molecule has 0 saturated heterocycles. The van der Waals surface area contributed by atoms with Crippen molar-refractivity contribution in [3.05, 3.63) is 526 Å². The summed E-state index contributed by atoms with van der Waals surface area (Å²) in [6.45, 7) is 3.72. The van der Waals surface area contributed by atoms with Gasteiger partial charge in [0.2, 0.25) is 50.6 Å². The van der Waals surface area contributed by atoms with Gasteiger partial charge in [-0.3, -0.25) is 39.0 Å². The fourth-order valence-electron chi connectivity index (χ4n) is 12.2. The Kier molecular flexibility index (Phi) is 48.1. The number of nitrogens with zero attached hydrogens (tertiary/aromatic N) is 30. The van der Waals surface area contributed by atoms with Gasteiger partial charge in [0, 0.05) is 245 Å². The Bertz CT molecular complexity index is 6570. The van der Waals surface area contributed by atoms with Crippen molar-refractivity contribution in [3.8, 4) is 91.2 Å². The van der Waals surface area contributed by atoms with Crippen molar-refractivity contribution in [2.75, 3.05) is 0 Å². The van der Waals surface area contributed by atoms with Gasteiger partial charge >= 0.3 is 0 Å². The number of rotatable bonds is 12. The maximum absolute atomic E-state index is 12.6. The Morgan fingerprint density at radius 1 is 0.270 bits per heavy atom. The molecule has 16 aromatic heterocycles. The minimum Gasteiger partial charge on any atom is -0.574 e. The topological polar surface area (TPSA) is 256 Å². The van der Waals surface area contributed by atoms with Crippen molar-refractivity contribution in [1.29, 1.82) is 0 Å². The van der Waals surface area contributed by atoms with E-state index in [0.717, 1.165) is 85.4 Å². The molecule has 30 nitrogen and oxygen atoms in total. The third-order valence-electron chi connectivity index (χ3n) is 19.1. The van der Waals surface area contributed by atoms with Crippen molar-refractivity contribution in [2.24, 2.45) is 56.4 Å². The quantitative estimate of drug-likeness (QED) is 0.0814. The average Bonchev–Trinajstić information content (AvgIpc) is 1.72. The molecule has 0 unspecified atom stereocenters. The van der Waals surface area contributed by atoms with Crippen LogP contribution in [-0.4, -0.2) is 87.1 Å². The van der Waals surface area contributed by atoms with E-state index >= 15 is 0 Å². The van der Waals surface area contributed by atoms with Gasteiger partial charge in [0.05, 0.1) is 67.8 Å². The molecule has 0 spiro atoms. The molecule has 16 heterocycles. The fourth-order valence-corrected chi connectivity index (χ4v) is 12.2. The van der Waals surface area contributed by atoms with Gasteiger partial charge in [-0.05, 0) is 73.9 Å². The summed E-state index contributed by atoms with van der Waals surface area (Å²) in [5.74, 6) is 0.712. The van der Waals surface area contributed by atoms with Crippen molar-refractivity contribution >= 4 is 0 Å². The largest absolute Gasteiger partial charge is 0.574 e. The second-order valence-corrected chi connectivity index (χ2v) is 30.5. The van der Waals surface area contributed by atoms with E-state index in [2.05, 4.69) is 170 Å². The fraction of sp³-hybridized carbons (Fsp3) is 0.0893. The van der Waals surface area contributed by atoms with E-state index in [9.17, 15) is 8.78 Å². The molecule has 0 atom stereocenters. The van der Waals surface area contributed by atoms with Gasteiger partial charge in [0.1, 0.15) is 0 Å². The van der Waals surface area contributed by atoms with Crippen LogP contribution < -0.4 is 56.9 Å². The Hall–Kier alpha value is -16.8. The van der Waals surface area contributed by atoms with Crippen LogP contribution in [0.5, 0.6) is 0 Å². The van der Waals surface area contributed by atoms with Crippen molar-refractivity contribution in [1.82, 2.24) is 107 Å². The molecule has 0 bridgehead atoms. The third kappa shape index (κ3) is 38.4. The minimum atomic E-state index is -0.278. The predicted molar refractivity (Wildman–Crippen MR) is 525 cm³/mol. The summed E-state index contributed by atoms with van der Waals surface area (Å²) in [5, 5.41) is 33.9. The third-order valence-corrected chi connectivity index (χ3v) is 19.1. The molecule has 36 heteroatoms. The number of para-hydroxylation sites is 6. The Morgan fingerprint density at radius 2 is 0.554 bits per heavy atom. The van der Waals surface area contributed by atoms with Gasteiger partial charge in [-0.2, -0.15) is 206 Å². The summed E-state index contributed by atoms with van der Waals surface area (Å²) in [4.78, 5) is 20.6. The van der Waals surface area contributed by atoms with E-state index in [-0.39, 0.29) is 92.1 Å². The molecule has 0 aliphatic heterocycles. The number of imidazole rings is 8. The molecule has 148 heavy (non-hydrogen) atoms. The second-order valence-electron chi connectivity index (χ2n) is 30.5. The van der Waals surface area contributed by atoms with Gasteiger partial charge in [-0.25, -0.2) is 0 Å². The smallest absolute Gasteiger partial charge is 0.241 e. The zero-order chi connectivity index (χ0) is 101. The van der Waals surface area contributed by atoms with Gasteiger partial charge in [-0.15, -0.1) is 24.3 Å². The number of hydrogen-bond acceptors (Lipinski definition) is 10. The molecule has 756 valence electrons. The number of hydrogen-bond donors (Lipinski definition) is 0. The second kappa shape index (κ2) is 62.0. The first-order valence-corrected chi connectivity index (χ1v) is 44.4. The van der Waals surface area contributed by atoms with E-state index in [1.54, 1.807) is 74.5 Å². The molecule has 24 aromatic rings. The Morgan fingerprint density at radius 3 is 0.764 bits per heavy atom. The van der Waals surface area contributed by atoms with Crippen LogP contribution in [0.4, 0.5) is 8.78 Å². The van der Waals surface area contributed by atoms with Gasteiger partial charge in [0.15, 0.2) is 0 Å². The number of aromatic nitrogens is 30. The molecule has 0 aliphatic carbocycles. The van der Waals surface area contributed by atoms with Crippen LogP contribution in [0, 0.1) is 125 Å². The monoisotopic (exact) mass is 2670 g/mol. The van der Waals surface area contributed by atoms with Crippen molar-refractivity contribution in [3.63, 3.8) is 0 Å². The average molecular weight is 2670 g/mol. The van der Waals surface area contributed by atoms with E-state index < -0.39 is 0 Å². The molecular formula is C112H96F2Ir4N30-12. The molecule has 0 aliphatic rings. The Balaban J connectivity index is 0.000000179. The normalized spacial score (nSPS) is 9.81. The SMILES string of the molecule is C[n+]1[c-]n(-c2[c-]cc(F)cc2)cc1.C[n+]1[c-]n(-c2[c-]cc(F)cc2)cc1.C[n+]1[c-]n(-c2[c-]cccc2)cc1.C[n+]1[c-]n(-c2[c-]cccc2)cc1.C[n+]1[c-]n(-c2[c-]cccc2)cc1.C[n+]1[c-]n(-c2[c-]cccc2)cc1.C[n+]1[c-]n(-c2[c-]cccc2)cc1.C[n+]1[c-]n(-c2[c-]cccc2)cc1.Cc1cc(-c2ccccn2)[n-]n1.Cc1n[n-]c(-c2ccccn2)n1.[Ir].[Ir].[Ir].[Ir].c1ccc(-c2ccn[n-]2)nc1.c1ccc(-c2cnn[n-]2)nc1. The zero-order valence-corrected chi connectivity index (χ0v) is 91.2. The van der Waals surface area contributed by atoms with Crippen molar-refractivity contribution in [2.45, 2.75) is 13.8 Å². The molecule has 0 N–H and O–H groups in total. The van der Waals surface area contributed by atoms with Gasteiger partial charge < -0.3 is 114 Å². The van der Waals surface area contributed by atoms with Gasteiger partial charge in [0.25, 0.3) is 0 Å². The van der Waals surface area contributed by atoms with Crippen LogP contribution in [0.25, 0.3) is 91.2 Å². The molecular weight excluding hydrogens is 2570 g/mol. The minimum absolute atomic E-state index is 0. The zero-order valence-electron chi connectivity index (χ0n) is 81.6. The van der Waals surface area contributed by atoms with E-state index in [1.807, 2.05) is 448 Å². The summed E-state index contributed by atoms with van der Waals surface area (Å²) in [7, 11) is 15.4. The van der Waals surface area contributed by atoms with Crippen LogP contribution in [0.3, 0.4) is 0 Å². The van der Waals surface area contributed by atoms with Crippen LogP contribution in [0.2, 0.25) is 0 Å². The van der Waals surface area contributed by atoms with E-state index in [4.69, 9.17) is 0 Å². The maximum Gasteiger partial charge on any atom is 0.241 e. The summed E-state index contributed by atoms with van der Waals surface area (Å²) < 4.78 is 54.9. The van der Waals surface area contributed by atoms with Crippen LogP contribution in [0.1, 0.15) is 11.5 Å². The summed E-state index contributed by atoms with van der Waals surface area (Å²) in [5.41, 5.74) is 14.2. The standard InChI is InChI=1S/2C10H8FN2.6C10H9N2.C9H8N3.C8H7N4.C8H6N3.C7H5N4.4Ir/c2*1-12-6-7-13(8-12)10-4-2-9(11)3-5-10;6*1-11-7-8-12(9-11)10-5-3-2-4-6-10;1-7-6-9(12-11-7)8-4-2-3-5-10-8;1-6-10-8(12-11-6)7-4-2-3-5-9-7;1-2-5-9-7(3-1)8-4-6-10-11-8;1-2-4-8-6(3-1)7-5-9-11-10-7;;;;/h2*2-4,6-7H,1H3;6*2-5,7-8H,1H3;2-6H,1H3;2-5H,1H3;1-6H;1-5H;;;;/q12*-1;;;;. The first-order valence-electron chi connectivity index (χ1n) is 44.4.